The number of hydrogen-bond donors (Lipinski definition) is 1. The van der Waals surface area contributed by atoms with Gasteiger partial charge in [0.2, 0.25) is 5.91 Å². The minimum absolute atomic E-state index is 0.0499. The van der Waals surface area contributed by atoms with Gasteiger partial charge in [0.25, 0.3) is 0 Å². The summed E-state index contributed by atoms with van der Waals surface area (Å²) in [6.07, 6.45) is 4.52. The number of benzene rings is 1. The Morgan fingerprint density at radius 2 is 1.48 bits per heavy atom. The summed E-state index contributed by atoms with van der Waals surface area (Å²) in [6.45, 7) is 3.54. The van der Waals surface area contributed by atoms with Crippen LogP contribution in [0.5, 0.6) is 0 Å². The molecule has 0 spiro atoms. The Morgan fingerprint density at radius 1 is 0.889 bits per heavy atom. The number of amides is 1. The molecule has 0 unspecified atom stereocenters. The first-order valence-corrected chi connectivity index (χ1v) is 9.14. The Bertz CT molecular complexity index is 794. The zero-order valence-corrected chi connectivity index (χ0v) is 15.5. The van der Waals surface area contributed by atoms with Crippen molar-refractivity contribution >= 4 is 11.6 Å². The highest BCUT2D eigenvalue weighted by molar-refractivity contribution is 5.92. The minimum Gasteiger partial charge on any atom is -0.325 e. The van der Waals surface area contributed by atoms with E-state index in [1.54, 1.807) is 12.4 Å². The highest BCUT2D eigenvalue weighted by atomic mass is 16.2. The molecule has 0 atom stereocenters. The maximum atomic E-state index is 12.6. The Hall–Kier alpha value is -3.05. The predicted molar refractivity (Wildman–Crippen MR) is 107 cm³/mol. The average Bonchev–Trinajstić information content (AvgIpc) is 2.70. The molecule has 0 aliphatic heterocycles. The summed E-state index contributed by atoms with van der Waals surface area (Å²) < 4.78 is 0. The van der Waals surface area contributed by atoms with Crippen molar-refractivity contribution in [1.29, 1.82) is 0 Å². The van der Waals surface area contributed by atoms with Gasteiger partial charge >= 0.3 is 0 Å². The van der Waals surface area contributed by atoms with Gasteiger partial charge in [0.1, 0.15) is 0 Å². The van der Waals surface area contributed by atoms with E-state index in [9.17, 15) is 4.79 Å². The molecule has 3 aromatic rings. The van der Waals surface area contributed by atoms with Crippen molar-refractivity contribution in [3.05, 3.63) is 90.0 Å². The molecule has 0 fully saturated rings. The highest BCUT2D eigenvalue weighted by Gasteiger charge is 2.13. The Balaban J connectivity index is 1.66. The maximum absolute atomic E-state index is 12.6. The number of rotatable bonds is 8. The largest absolute Gasteiger partial charge is 0.325 e. The third-order valence-electron chi connectivity index (χ3n) is 4.24. The van der Waals surface area contributed by atoms with Crippen LogP contribution in [0.2, 0.25) is 0 Å². The van der Waals surface area contributed by atoms with Gasteiger partial charge in [-0.05, 0) is 48.4 Å². The SMILES string of the molecule is CCc1ccc(NC(=O)CN(Cc2ccccn2)Cc2ccccn2)cc1. The van der Waals surface area contributed by atoms with Crippen molar-refractivity contribution in [3.8, 4) is 0 Å². The molecule has 138 valence electrons. The van der Waals surface area contributed by atoms with Gasteiger partial charge in [0, 0.05) is 31.2 Å². The molecule has 5 nitrogen and oxygen atoms in total. The lowest BCUT2D eigenvalue weighted by Gasteiger charge is -2.21. The Labute approximate surface area is 160 Å². The molecule has 2 heterocycles. The van der Waals surface area contributed by atoms with Crippen molar-refractivity contribution in [1.82, 2.24) is 14.9 Å². The van der Waals surface area contributed by atoms with Crippen molar-refractivity contribution in [2.75, 3.05) is 11.9 Å². The van der Waals surface area contributed by atoms with Gasteiger partial charge in [-0.15, -0.1) is 0 Å². The van der Waals surface area contributed by atoms with Crippen LogP contribution >= 0.6 is 0 Å². The number of nitrogens with zero attached hydrogens (tertiary/aromatic N) is 3. The summed E-state index contributed by atoms with van der Waals surface area (Å²) in [4.78, 5) is 23.4. The first-order valence-electron chi connectivity index (χ1n) is 9.14. The molecular weight excluding hydrogens is 336 g/mol. The number of pyridine rings is 2. The first-order chi connectivity index (χ1) is 13.2. The standard InChI is InChI=1S/C22H24N4O/c1-2-18-9-11-19(12-10-18)25-22(27)17-26(15-20-7-3-5-13-23-20)16-21-8-4-6-14-24-21/h3-14H,2,15-17H2,1H3,(H,25,27). The molecule has 0 aliphatic rings. The molecule has 0 bridgehead atoms. The second-order valence-corrected chi connectivity index (χ2v) is 6.39. The van der Waals surface area contributed by atoms with Gasteiger partial charge in [-0.25, -0.2) is 0 Å². The van der Waals surface area contributed by atoms with Crippen LogP contribution in [-0.4, -0.2) is 27.3 Å². The van der Waals surface area contributed by atoms with Crippen LogP contribution in [0, 0.1) is 0 Å². The van der Waals surface area contributed by atoms with Crippen molar-refractivity contribution < 1.29 is 4.79 Å². The summed E-state index contributed by atoms with van der Waals surface area (Å²) in [5, 5.41) is 2.97. The number of nitrogens with one attached hydrogen (secondary N) is 1. The second kappa shape index (κ2) is 9.59. The Morgan fingerprint density at radius 3 is 1.96 bits per heavy atom. The predicted octanol–water partition coefficient (Wildman–Crippen LogP) is 3.68. The number of hydrogen-bond acceptors (Lipinski definition) is 4. The lowest BCUT2D eigenvalue weighted by atomic mass is 10.1. The molecule has 2 aromatic heterocycles. The van der Waals surface area contributed by atoms with Crippen LogP contribution < -0.4 is 5.32 Å². The number of carbonyl (C=O) groups excluding carboxylic acids is 1. The number of anilines is 1. The lowest BCUT2D eigenvalue weighted by Crippen LogP contribution is -2.33. The quantitative estimate of drug-likeness (QED) is 0.666. The van der Waals surface area contributed by atoms with E-state index in [-0.39, 0.29) is 12.5 Å². The monoisotopic (exact) mass is 360 g/mol. The molecule has 3 rings (SSSR count). The molecule has 1 N–H and O–H groups in total. The third kappa shape index (κ3) is 6.01. The van der Waals surface area contributed by atoms with Gasteiger partial charge in [-0.1, -0.05) is 31.2 Å². The van der Waals surface area contributed by atoms with E-state index < -0.39 is 0 Å². The molecule has 27 heavy (non-hydrogen) atoms. The molecular formula is C22H24N4O. The average molecular weight is 360 g/mol. The zero-order valence-electron chi connectivity index (χ0n) is 15.5. The van der Waals surface area contributed by atoms with Crippen molar-refractivity contribution in [2.24, 2.45) is 0 Å². The Kier molecular flexibility index (Phi) is 6.66. The van der Waals surface area contributed by atoms with E-state index in [1.807, 2.05) is 65.6 Å². The summed E-state index contributed by atoms with van der Waals surface area (Å²) >= 11 is 0. The van der Waals surface area contributed by atoms with E-state index in [0.717, 1.165) is 23.5 Å². The second-order valence-electron chi connectivity index (χ2n) is 6.39. The van der Waals surface area contributed by atoms with E-state index in [4.69, 9.17) is 0 Å². The molecule has 0 saturated carbocycles. The fraction of sp³-hybridized carbons (Fsp3) is 0.227. The van der Waals surface area contributed by atoms with Crippen molar-refractivity contribution in [2.45, 2.75) is 26.4 Å². The van der Waals surface area contributed by atoms with Gasteiger partial charge in [0.15, 0.2) is 0 Å². The van der Waals surface area contributed by atoms with Crippen LogP contribution in [0.1, 0.15) is 23.9 Å². The van der Waals surface area contributed by atoms with Crippen LogP contribution in [0.15, 0.2) is 73.1 Å². The number of carbonyl (C=O) groups is 1. The summed E-state index contributed by atoms with van der Waals surface area (Å²) in [5.41, 5.74) is 3.91. The zero-order chi connectivity index (χ0) is 18.9. The summed E-state index contributed by atoms with van der Waals surface area (Å²) in [6, 6.07) is 19.6. The van der Waals surface area contributed by atoms with E-state index in [2.05, 4.69) is 22.2 Å². The maximum Gasteiger partial charge on any atom is 0.238 e. The molecule has 0 aliphatic carbocycles. The summed E-state index contributed by atoms with van der Waals surface area (Å²) in [7, 11) is 0. The fourth-order valence-corrected chi connectivity index (χ4v) is 2.84. The van der Waals surface area contributed by atoms with Gasteiger partial charge < -0.3 is 5.32 Å². The van der Waals surface area contributed by atoms with Crippen molar-refractivity contribution in [3.63, 3.8) is 0 Å². The van der Waals surface area contributed by atoms with Crippen LogP contribution in [0.4, 0.5) is 5.69 Å². The number of aryl methyl sites for hydroxylation is 1. The third-order valence-corrected chi connectivity index (χ3v) is 4.24. The fourth-order valence-electron chi connectivity index (χ4n) is 2.84. The molecule has 0 saturated heterocycles. The number of aromatic nitrogens is 2. The van der Waals surface area contributed by atoms with Crippen LogP contribution in [0.25, 0.3) is 0 Å². The van der Waals surface area contributed by atoms with Gasteiger partial charge in [-0.3, -0.25) is 19.7 Å². The van der Waals surface area contributed by atoms with Gasteiger partial charge in [0.05, 0.1) is 17.9 Å². The topological polar surface area (TPSA) is 58.1 Å². The van der Waals surface area contributed by atoms with E-state index in [1.165, 1.54) is 5.56 Å². The minimum atomic E-state index is -0.0499. The smallest absolute Gasteiger partial charge is 0.238 e. The first kappa shape index (κ1) is 18.7. The van der Waals surface area contributed by atoms with Crippen LogP contribution in [0.3, 0.4) is 0 Å². The summed E-state index contributed by atoms with van der Waals surface area (Å²) in [5.74, 6) is -0.0499. The van der Waals surface area contributed by atoms with Crippen LogP contribution in [-0.2, 0) is 24.3 Å². The van der Waals surface area contributed by atoms with Gasteiger partial charge in [-0.2, -0.15) is 0 Å². The molecule has 1 aromatic carbocycles. The van der Waals surface area contributed by atoms with E-state index >= 15 is 0 Å². The molecule has 1 amide bonds. The highest BCUT2D eigenvalue weighted by Crippen LogP contribution is 2.11. The lowest BCUT2D eigenvalue weighted by molar-refractivity contribution is -0.117. The molecule has 5 heteroatoms. The normalized spacial score (nSPS) is 10.7. The van der Waals surface area contributed by atoms with E-state index in [0.29, 0.717) is 13.1 Å². The molecule has 0 radical (unpaired) electrons.